The van der Waals surface area contributed by atoms with Crippen molar-refractivity contribution in [3.05, 3.63) is 23.3 Å². The van der Waals surface area contributed by atoms with Crippen molar-refractivity contribution in [2.75, 3.05) is 5.73 Å². The molecule has 0 radical (unpaired) electrons. The summed E-state index contributed by atoms with van der Waals surface area (Å²) < 4.78 is 5.65. The van der Waals surface area contributed by atoms with E-state index in [1.165, 1.54) is 49.7 Å². The third-order valence-corrected chi connectivity index (χ3v) is 6.09. The molecule has 3 heteroatoms. The van der Waals surface area contributed by atoms with Gasteiger partial charge in [-0.2, -0.15) is 0 Å². The van der Waals surface area contributed by atoms with Gasteiger partial charge in [-0.3, -0.25) is 4.79 Å². The highest BCUT2D eigenvalue weighted by atomic mass is 16.5. The van der Waals surface area contributed by atoms with Crippen molar-refractivity contribution >= 4 is 11.7 Å². The SMILES string of the molecule is CCCCCC[C@@H]1CCc2c(ccc(OC(=O)C3CCCC3)c2N)C1. The van der Waals surface area contributed by atoms with Gasteiger partial charge in [0.05, 0.1) is 11.6 Å². The molecule has 1 fully saturated rings. The Kier molecular flexibility index (Phi) is 6.39. The van der Waals surface area contributed by atoms with Gasteiger partial charge in [-0.25, -0.2) is 0 Å². The van der Waals surface area contributed by atoms with E-state index in [1.807, 2.05) is 6.07 Å². The van der Waals surface area contributed by atoms with Crippen LogP contribution in [0.1, 0.15) is 82.3 Å². The number of hydrogen-bond donors (Lipinski definition) is 1. The summed E-state index contributed by atoms with van der Waals surface area (Å²) in [5.74, 6) is 1.35. The fraction of sp³-hybridized carbons (Fsp3) is 0.682. The number of rotatable bonds is 7. The Bertz CT molecular complexity index is 590. The molecule has 1 aromatic carbocycles. The number of benzene rings is 1. The van der Waals surface area contributed by atoms with Gasteiger partial charge in [-0.1, -0.05) is 57.9 Å². The molecule has 3 nitrogen and oxygen atoms in total. The largest absolute Gasteiger partial charge is 0.424 e. The Balaban J connectivity index is 1.60. The minimum atomic E-state index is -0.0891. The standard InChI is InChI=1S/C22H33NO2/c1-2-3-4-5-8-16-11-13-19-18(15-16)12-14-20(21(19)23)25-22(24)17-9-6-7-10-17/h12,14,16-17H,2-11,13,15,23H2,1H3/t16-/m1/s1. The highest BCUT2D eigenvalue weighted by molar-refractivity contribution is 5.78. The fourth-order valence-electron chi connectivity index (χ4n) is 4.48. The van der Waals surface area contributed by atoms with Gasteiger partial charge in [-0.05, 0) is 55.2 Å². The first-order chi connectivity index (χ1) is 12.2. The number of nitrogen functional groups attached to an aromatic ring is 1. The molecule has 138 valence electrons. The first kappa shape index (κ1) is 18.3. The van der Waals surface area contributed by atoms with Gasteiger partial charge in [0.15, 0.2) is 5.75 Å². The van der Waals surface area contributed by atoms with Gasteiger partial charge in [0, 0.05) is 0 Å². The maximum Gasteiger partial charge on any atom is 0.314 e. The Morgan fingerprint density at radius 3 is 2.72 bits per heavy atom. The molecule has 0 aromatic heterocycles. The summed E-state index contributed by atoms with van der Waals surface area (Å²) in [5.41, 5.74) is 9.65. The van der Waals surface area contributed by atoms with Crippen molar-refractivity contribution in [2.24, 2.45) is 11.8 Å². The predicted molar refractivity (Wildman–Crippen MR) is 103 cm³/mol. The second-order valence-electron chi connectivity index (χ2n) is 7.98. The molecule has 0 unspecified atom stereocenters. The number of carbonyl (C=O) groups excluding carboxylic acids is 1. The molecule has 0 bridgehead atoms. The van der Waals surface area contributed by atoms with E-state index in [1.54, 1.807) is 0 Å². The summed E-state index contributed by atoms with van der Waals surface area (Å²) in [4.78, 5) is 12.3. The predicted octanol–water partition coefficient (Wildman–Crippen LogP) is 5.44. The first-order valence-electron chi connectivity index (χ1n) is 10.3. The van der Waals surface area contributed by atoms with E-state index in [9.17, 15) is 4.79 Å². The Hall–Kier alpha value is -1.51. The van der Waals surface area contributed by atoms with Crippen molar-refractivity contribution in [3.8, 4) is 5.75 Å². The van der Waals surface area contributed by atoms with Gasteiger partial charge in [0.25, 0.3) is 0 Å². The maximum absolute atomic E-state index is 12.3. The van der Waals surface area contributed by atoms with Crippen molar-refractivity contribution in [1.82, 2.24) is 0 Å². The molecular formula is C22H33NO2. The number of unbranched alkanes of at least 4 members (excludes halogenated alkanes) is 3. The molecule has 1 atom stereocenters. The Morgan fingerprint density at radius 1 is 1.16 bits per heavy atom. The molecule has 1 aromatic rings. The topological polar surface area (TPSA) is 52.3 Å². The van der Waals surface area contributed by atoms with E-state index < -0.39 is 0 Å². The van der Waals surface area contributed by atoms with Crippen LogP contribution in [-0.2, 0) is 17.6 Å². The molecule has 3 rings (SSSR count). The van der Waals surface area contributed by atoms with Crippen LogP contribution in [0.3, 0.4) is 0 Å². The molecule has 1 saturated carbocycles. The first-order valence-corrected chi connectivity index (χ1v) is 10.3. The summed E-state index contributed by atoms with van der Waals surface area (Å²) in [6.07, 6.45) is 14.2. The van der Waals surface area contributed by atoms with Crippen molar-refractivity contribution in [3.63, 3.8) is 0 Å². The maximum atomic E-state index is 12.3. The normalized spacial score (nSPS) is 20.4. The molecule has 2 aliphatic carbocycles. The van der Waals surface area contributed by atoms with Crippen LogP contribution in [0, 0.1) is 11.8 Å². The van der Waals surface area contributed by atoms with Gasteiger partial charge in [-0.15, -0.1) is 0 Å². The monoisotopic (exact) mass is 343 g/mol. The Labute approximate surface area is 152 Å². The van der Waals surface area contributed by atoms with Crippen LogP contribution < -0.4 is 10.5 Å². The zero-order valence-electron chi connectivity index (χ0n) is 15.7. The number of hydrogen-bond acceptors (Lipinski definition) is 3. The van der Waals surface area contributed by atoms with Crippen LogP contribution in [0.4, 0.5) is 5.69 Å². The molecule has 0 spiro atoms. The van der Waals surface area contributed by atoms with Crippen LogP contribution in [0.25, 0.3) is 0 Å². The van der Waals surface area contributed by atoms with E-state index in [-0.39, 0.29) is 11.9 Å². The highest BCUT2D eigenvalue weighted by Gasteiger charge is 2.27. The zero-order valence-corrected chi connectivity index (χ0v) is 15.7. The minimum Gasteiger partial charge on any atom is -0.424 e. The number of nitrogens with two attached hydrogens (primary N) is 1. The molecular weight excluding hydrogens is 310 g/mol. The van der Waals surface area contributed by atoms with Crippen molar-refractivity contribution in [2.45, 2.75) is 84.0 Å². The number of fused-ring (bicyclic) bond motifs is 1. The average Bonchev–Trinajstić information content (AvgIpc) is 3.16. The molecule has 2 N–H and O–H groups in total. The van der Waals surface area contributed by atoms with Crippen LogP contribution in [0.5, 0.6) is 5.75 Å². The molecule has 0 amide bonds. The molecule has 2 aliphatic rings. The lowest BCUT2D eigenvalue weighted by molar-refractivity contribution is -0.138. The zero-order chi connectivity index (χ0) is 17.6. The summed E-state index contributed by atoms with van der Waals surface area (Å²) >= 11 is 0. The van der Waals surface area contributed by atoms with E-state index in [2.05, 4.69) is 13.0 Å². The Morgan fingerprint density at radius 2 is 1.96 bits per heavy atom. The number of carbonyl (C=O) groups is 1. The lowest BCUT2D eigenvalue weighted by Gasteiger charge is -2.26. The van der Waals surface area contributed by atoms with Crippen LogP contribution in [0.2, 0.25) is 0 Å². The van der Waals surface area contributed by atoms with Crippen molar-refractivity contribution < 1.29 is 9.53 Å². The van der Waals surface area contributed by atoms with Crippen LogP contribution >= 0.6 is 0 Å². The van der Waals surface area contributed by atoms with Crippen LogP contribution in [0.15, 0.2) is 12.1 Å². The number of anilines is 1. The highest BCUT2D eigenvalue weighted by Crippen LogP contribution is 2.37. The smallest absolute Gasteiger partial charge is 0.314 e. The van der Waals surface area contributed by atoms with E-state index >= 15 is 0 Å². The molecule has 0 heterocycles. The lowest BCUT2D eigenvalue weighted by Crippen LogP contribution is -2.20. The third kappa shape index (κ3) is 4.56. The third-order valence-electron chi connectivity index (χ3n) is 6.09. The van der Waals surface area contributed by atoms with E-state index in [4.69, 9.17) is 10.5 Å². The van der Waals surface area contributed by atoms with E-state index in [0.717, 1.165) is 44.4 Å². The molecule has 0 saturated heterocycles. The number of ether oxygens (including phenoxy) is 1. The minimum absolute atomic E-state index is 0.0722. The van der Waals surface area contributed by atoms with Gasteiger partial charge >= 0.3 is 5.97 Å². The lowest BCUT2D eigenvalue weighted by atomic mass is 9.80. The van der Waals surface area contributed by atoms with Crippen molar-refractivity contribution in [1.29, 1.82) is 0 Å². The van der Waals surface area contributed by atoms with Gasteiger partial charge < -0.3 is 10.5 Å². The number of esters is 1. The van der Waals surface area contributed by atoms with Gasteiger partial charge in [0.2, 0.25) is 0 Å². The summed E-state index contributed by atoms with van der Waals surface area (Å²) in [7, 11) is 0. The average molecular weight is 344 g/mol. The summed E-state index contributed by atoms with van der Waals surface area (Å²) in [5, 5.41) is 0. The quantitative estimate of drug-likeness (QED) is 0.310. The van der Waals surface area contributed by atoms with Crippen LogP contribution in [-0.4, -0.2) is 5.97 Å². The molecule has 0 aliphatic heterocycles. The van der Waals surface area contributed by atoms with E-state index in [0.29, 0.717) is 11.4 Å². The summed E-state index contributed by atoms with van der Waals surface area (Å²) in [6, 6.07) is 4.06. The summed E-state index contributed by atoms with van der Waals surface area (Å²) in [6.45, 7) is 2.26. The second-order valence-corrected chi connectivity index (χ2v) is 7.98. The van der Waals surface area contributed by atoms with Gasteiger partial charge in [0.1, 0.15) is 0 Å². The second kappa shape index (κ2) is 8.73. The molecule has 25 heavy (non-hydrogen) atoms. The fourth-order valence-corrected chi connectivity index (χ4v) is 4.48.